The molecule has 0 spiro atoms. The Morgan fingerprint density at radius 1 is 1.06 bits per heavy atom. The number of nitrogens with one attached hydrogen (secondary N) is 1. The van der Waals surface area contributed by atoms with E-state index in [1.807, 2.05) is 18.2 Å². The summed E-state index contributed by atoms with van der Waals surface area (Å²) in [5, 5.41) is 0.811. The summed E-state index contributed by atoms with van der Waals surface area (Å²) in [5.74, 6) is 0. The van der Waals surface area contributed by atoms with E-state index in [9.17, 15) is 0 Å². The molecule has 1 N–H and O–H groups in total. The number of rotatable bonds is 4. The summed E-state index contributed by atoms with van der Waals surface area (Å²) in [7, 11) is 4.32. The fraction of sp³-hybridized carbons (Fsp3) is 0.200. The molecule has 1 nitrogen and oxygen atoms in total. The van der Waals surface area contributed by atoms with Crippen LogP contribution >= 0.6 is 23.4 Å². The van der Waals surface area contributed by atoms with Crippen LogP contribution < -0.4 is 4.90 Å². The Bertz CT molecular complexity index is 525. The van der Waals surface area contributed by atoms with E-state index in [1.54, 1.807) is 11.8 Å². The topological polar surface area (TPSA) is 4.44 Å². The summed E-state index contributed by atoms with van der Waals surface area (Å²) in [6, 6.07) is 16.6. The van der Waals surface area contributed by atoms with Gasteiger partial charge in [0.15, 0.2) is 0 Å². The molecule has 0 radical (unpaired) electrons. The molecule has 0 saturated carbocycles. The van der Waals surface area contributed by atoms with E-state index in [-0.39, 0.29) is 0 Å². The zero-order valence-corrected chi connectivity index (χ0v) is 12.2. The lowest BCUT2D eigenvalue weighted by Gasteiger charge is -2.09. The highest BCUT2D eigenvalue weighted by molar-refractivity contribution is 7.99. The lowest BCUT2D eigenvalue weighted by atomic mass is 10.2. The maximum Gasteiger partial charge on any atom is 0.102 e. The van der Waals surface area contributed by atoms with Crippen molar-refractivity contribution >= 4 is 23.4 Å². The Morgan fingerprint density at radius 3 is 2.56 bits per heavy atom. The fourth-order valence-corrected chi connectivity index (χ4v) is 2.96. The van der Waals surface area contributed by atoms with Gasteiger partial charge in [0.1, 0.15) is 6.54 Å². The molecule has 0 bridgehead atoms. The Kier molecular flexibility index (Phi) is 4.70. The second kappa shape index (κ2) is 6.28. The molecule has 0 aromatic heterocycles. The second-order valence-corrected chi connectivity index (χ2v) is 6.09. The van der Waals surface area contributed by atoms with Gasteiger partial charge in [-0.05, 0) is 24.3 Å². The van der Waals surface area contributed by atoms with Gasteiger partial charge in [-0.1, -0.05) is 47.6 Å². The van der Waals surface area contributed by atoms with Crippen molar-refractivity contribution in [1.29, 1.82) is 0 Å². The molecule has 0 fully saturated rings. The molecular formula is C15H17ClNS+. The van der Waals surface area contributed by atoms with E-state index >= 15 is 0 Å². The van der Waals surface area contributed by atoms with E-state index in [1.165, 1.54) is 15.4 Å². The quantitative estimate of drug-likeness (QED) is 0.900. The van der Waals surface area contributed by atoms with Crippen LogP contribution in [0.1, 0.15) is 5.56 Å². The Morgan fingerprint density at radius 2 is 1.83 bits per heavy atom. The van der Waals surface area contributed by atoms with Gasteiger partial charge < -0.3 is 4.90 Å². The molecular weight excluding hydrogens is 262 g/mol. The van der Waals surface area contributed by atoms with Crippen molar-refractivity contribution in [2.45, 2.75) is 16.3 Å². The van der Waals surface area contributed by atoms with Crippen molar-refractivity contribution in [2.24, 2.45) is 0 Å². The van der Waals surface area contributed by atoms with Gasteiger partial charge in [-0.15, -0.1) is 0 Å². The number of benzene rings is 2. The van der Waals surface area contributed by atoms with Gasteiger partial charge in [-0.3, -0.25) is 0 Å². The summed E-state index contributed by atoms with van der Waals surface area (Å²) in [6.45, 7) is 1.04. The molecule has 94 valence electrons. The maximum atomic E-state index is 6.17. The predicted octanol–water partition coefficient (Wildman–Crippen LogP) is 3.14. The van der Waals surface area contributed by atoms with Crippen LogP contribution in [-0.2, 0) is 6.54 Å². The van der Waals surface area contributed by atoms with E-state index in [4.69, 9.17) is 11.6 Å². The third-order valence-electron chi connectivity index (χ3n) is 2.52. The van der Waals surface area contributed by atoms with Crippen LogP contribution in [0.3, 0.4) is 0 Å². The van der Waals surface area contributed by atoms with E-state index in [0.717, 1.165) is 16.5 Å². The van der Waals surface area contributed by atoms with Crippen LogP contribution in [0.2, 0.25) is 5.02 Å². The minimum absolute atomic E-state index is 0.811. The Balaban J connectivity index is 2.17. The predicted molar refractivity (Wildman–Crippen MR) is 78.5 cm³/mol. The van der Waals surface area contributed by atoms with Crippen molar-refractivity contribution in [2.75, 3.05) is 14.1 Å². The molecule has 0 atom stereocenters. The highest BCUT2D eigenvalue weighted by atomic mass is 35.5. The average molecular weight is 279 g/mol. The lowest BCUT2D eigenvalue weighted by molar-refractivity contribution is -0.872. The number of hydrogen-bond acceptors (Lipinski definition) is 1. The van der Waals surface area contributed by atoms with Crippen LogP contribution in [0.4, 0.5) is 0 Å². The standard InChI is InChI=1S/C15H16ClNS/c1-17(2)11-12-6-5-7-13(10-12)18-15-9-4-3-8-14(15)16/h3-10H,11H2,1-2H3/p+1. The minimum atomic E-state index is 0.811. The molecule has 0 heterocycles. The van der Waals surface area contributed by atoms with Crippen LogP contribution in [0.25, 0.3) is 0 Å². The average Bonchev–Trinajstić information content (AvgIpc) is 2.32. The molecule has 0 unspecified atom stereocenters. The monoisotopic (exact) mass is 278 g/mol. The lowest BCUT2D eigenvalue weighted by Crippen LogP contribution is -3.04. The van der Waals surface area contributed by atoms with Gasteiger partial charge in [0, 0.05) is 15.4 Å². The van der Waals surface area contributed by atoms with Crippen LogP contribution in [0.15, 0.2) is 58.3 Å². The van der Waals surface area contributed by atoms with Gasteiger partial charge >= 0.3 is 0 Å². The third kappa shape index (κ3) is 3.77. The van der Waals surface area contributed by atoms with Crippen molar-refractivity contribution in [3.05, 3.63) is 59.1 Å². The third-order valence-corrected chi connectivity index (χ3v) is 4.03. The van der Waals surface area contributed by atoms with Crippen LogP contribution in [0, 0.1) is 0 Å². The number of halogens is 1. The molecule has 18 heavy (non-hydrogen) atoms. The minimum Gasteiger partial charge on any atom is -0.336 e. The van der Waals surface area contributed by atoms with Crippen molar-refractivity contribution in [1.82, 2.24) is 0 Å². The van der Waals surface area contributed by atoms with Crippen molar-refractivity contribution in [3.63, 3.8) is 0 Å². The van der Waals surface area contributed by atoms with Gasteiger partial charge in [0.05, 0.1) is 19.1 Å². The fourth-order valence-electron chi connectivity index (χ4n) is 1.78. The zero-order chi connectivity index (χ0) is 13.0. The van der Waals surface area contributed by atoms with Crippen molar-refractivity contribution in [3.8, 4) is 0 Å². The summed E-state index contributed by atoms with van der Waals surface area (Å²) in [5.41, 5.74) is 1.35. The van der Waals surface area contributed by atoms with Crippen LogP contribution in [-0.4, -0.2) is 14.1 Å². The smallest absolute Gasteiger partial charge is 0.102 e. The molecule has 2 aromatic carbocycles. The SMILES string of the molecule is C[NH+](C)Cc1cccc(Sc2ccccc2Cl)c1. The van der Waals surface area contributed by atoms with Gasteiger partial charge in [0.25, 0.3) is 0 Å². The van der Waals surface area contributed by atoms with Crippen molar-refractivity contribution < 1.29 is 4.90 Å². The first kappa shape index (κ1) is 13.5. The molecule has 0 aliphatic rings. The first-order valence-corrected chi connectivity index (χ1v) is 7.15. The first-order valence-electron chi connectivity index (χ1n) is 5.95. The summed E-state index contributed by atoms with van der Waals surface area (Å²) in [4.78, 5) is 3.77. The first-order chi connectivity index (χ1) is 8.65. The normalized spacial score (nSPS) is 10.9. The Hall–Kier alpha value is -0.960. The molecule has 0 amide bonds. The van der Waals surface area contributed by atoms with E-state index in [0.29, 0.717) is 0 Å². The molecule has 0 saturated heterocycles. The molecule has 0 aliphatic heterocycles. The molecule has 0 aliphatic carbocycles. The Labute approximate surface area is 118 Å². The molecule has 2 rings (SSSR count). The zero-order valence-electron chi connectivity index (χ0n) is 10.6. The highest BCUT2D eigenvalue weighted by Gasteiger charge is 2.04. The van der Waals surface area contributed by atoms with Crippen LogP contribution in [0.5, 0.6) is 0 Å². The highest BCUT2D eigenvalue weighted by Crippen LogP contribution is 2.33. The van der Waals surface area contributed by atoms with Gasteiger partial charge in [0.2, 0.25) is 0 Å². The summed E-state index contributed by atoms with van der Waals surface area (Å²) < 4.78 is 0. The summed E-state index contributed by atoms with van der Waals surface area (Å²) >= 11 is 7.89. The molecule has 2 aromatic rings. The number of quaternary nitrogens is 1. The van der Waals surface area contributed by atoms with Gasteiger partial charge in [-0.2, -0.15) is 0 Å². The largest absolute Gasteiger partial charge is 0.336 e. The maximum absolute atomic E-state index is 6.17. The summed E-state index contributed by atoms with van der Waals surface area (Å²) in [6.07, 6.45) is 0. The molecule has 3 heteroatoms. The van der Waals surface area contributed by atoms with E-state index < -0.39 is 0 Å². The second-order valence-electron chi connectivity index (χ2n) is 4.56. The van der Waals surface area contributed by atoms with E-state index in [2.05, 4.69) is 44.4 Å². The van der Waals surface area contributed by atoms with Gasteiger partial charge in [-0.25, -0.2) is 0 Å². The number of hydrogen-bond donors (Lipinski definition) is 1.